The van der Waals surface area contributed by atoms with E-state index < -0.39 is 5.97 Å². The Morgan fingerprint density at radius 1 is 1.33 bits per heavy atom. The number of oxazole rings is 1. The van der Waals surface area contributed by atoms with E-state index in [1.165, 1.54) is 25.7 Å². The lowest BCUT2D eigenvalue weighted by atomic mass is 10.0. The minimum atomic E-state index is -0.401. The van der Waals surface area contributed by atoms with Crippen LogP contribution in [0.5, 0.6) is 0 Å². The summed E-state index contributed by atoms with van der Waals surface area (Å²) in [6.45, 7) is 3.95. The summed E-state index contributed by atoms with van der Waals surface area (Å²) in [7, 11) is 0. The van der Waals surface area contributed by atoms with Gasteiger partial charge in [-0.3, -0.25) is 0 Å². The third-order valence-corrected chi connectivity index (χ3v) is 3.48. The summed E-state index contributed by atoms with van der Waals surface area (Å²) in [6, 6.07) is 0. The molecule has 1 fully saturated rings. The second-order valence-electron chi connectivity index (χ2n) is 4.88. The molecule has 18 heavy (non-hydrogen) atoms. The number of aromatic nitrogens is 1. The number of hydrogen-bond acceptors (Lipinski definition) is 4. The number of carbonyl (C=O) groups excluding carboxylic acids is 1. The first-order valence-electron chi connectivity index (χ1n) is 6.86. The van der Waals surface area contributed by atoms with Crippen LogP contribution in [0.15, 0.2) is 4.42 Å². The zero-order valence-corrected chi connectivity index (χ0v) is 11.2. The maximum Gasteiger partial charge on any atom is 0.376 e. The van der Waals surface area contributed by atoms with Crippen molar-refractivity contribution in [3.63, 3.8) is 0 Å². The van der Waals surface area contributed by atoms with E-state index in [0.29, 0.717) is 18.2 Å². The lowest BCUT2D eigenvalue weighted by Crippen LogP contribution is -2.04. The molecule has 1 heterocycles. The van der Waals surface area contributed by atoms with Gasteiger partial charge in [0, 0.05) is 5.92 Å². The van der Waals surface area contributed by atoms with Crippen LogP contribution in [0.3, 0.4) is 0 Å². The Hall–Kier alpha value is -1.32. The van der Waals surface area contributed by atoms with E-state index in [-0.39, 0.29) is 5.76 Å². The van der Waals surface area contributed by atoms with Crippen molar-refractivity contribution in [2.75, 3.05) is 6.61 Å². The first kappa shape index (κ1) is 13.1. The zero-order chi connectivity index (χ0) is 13.0. The molecule has 0 aromatic carbocycles. The first-order chi connectivity index (χ1) is 8.72. The monoisotopic (exact) mass is 251 g/mol. The fraction of sp³-hybridized carbons (Fsp3) is 0.714. The molecule has 0 atom stereocenters. The van der Waals surface area contributed by atoms with Crippen molar-refractivity contribution in [2.24, 2.45) is 0 Å². The summed E-state index contributed by atoms with van der Waals surface area (Å²) < 4.78 is 10.6. The number of aryl methyl sites for hydroxylation is 1. The van der Waals surface area contributed by atoms with Gasteiger partial charge in [-0.15, -0.1) is 0 Å². The van der Waals surface area contributed by atoms with Crippen molar-refractivity contribution < 1.29 is 13.9 Å². The van der Waals surface area contributed by atoms with Gasteiger partial charge in [0.2, 0.25) is 5.76 Å². The lowest BCUT2D eigenvalue weighted by molar-refractivity contribution is 0.0486. The highest BCUT2D eigenvalue weighted by atomic mass is 16.5. The average molecular weight is 251 g/mol. The normalized spacial score (nSPS) is 17.4. The number of carbonyl (C=O) groups is 1. The third-order valence-electron chi connectivity index (χ3n) is 3.48. The van der Waals surface area contributed by atoms with Crippen LogP contribution < -0.4 is 0 Å². The molecular formula is C14H21NO3. The van der Waals surface area contributed by atoms with Crippen molar-refractivity contribution in [3.8, 4) is 0 Å². The van der Waals surface area contributed by atoms with Crippen LogP contribution in [0.2, 0.25) is 0 Å². The van der Waals surface area contributed by atoms with E-state index in [9.17, 15) is 4.79 Å². The Kier molecular flexibility index (Phi) is 4.39. The van der Waals surface area contributed by atoms with Crippen LogP contribution >= 0.6 is 0 Å². The largest absolute Gasteiger partial charge is 0.460 e. The molecule has 0 N–H and O–H groups in total. The maximum atomic E-state index is 11.7. The molecule has 0 amide bonds. The van der Waals surface area contributed by atoms with Gasteiger partial charge in [0.05, 0.1) is 12.3 Å². The van der Waals surface area contributed by atoms with Crippen LogP contribution in [-0.2, 0) is 4.74 Å². The molecule has 0 bridgehead atoms. The number of rotatable bonds is 3. The molecule has 0 spiro atoms. The molecule has 1 aliphatic rings. The second-order valence-corrected chi connectivity index (χ2v) is 4.88. The van der Waals surface area contributed by atoms with Crippen molar-refractivity contribution in [3.05, 3.63) is 17.3 Å². The average Bonchev–Trinajstić information content (AvgIpc) is 2.58. The Labute approximate surface area is 108 Å². The Morgan fingerprint density at radius 2 is 2.00 bits per heavy atom. The summed E-state index contributed by atoms with van der Waals surface area (Å²) in [4.78, 5) is 16.1. The standard InChI is InChI=1S/C14H21NO3/c1-3-17-14(16)12-10(2)15-13(18-12)11-8-6-4-5-7-9-11/h11H,3-9H2,1-2H3. The summed E-state index contributed by atoms with van der Waals surface area (Å²) in [5, 5.41) is 0. The Morgan fingerprint density at radius 3 is 2.61 bits per heavy atom. The van der Waals surface area contributed by atoms with Gasteiger partial charge in [-0.1, -0.05) is 25.7 Å². The van der Waals surface area contributed by atoms with Gasteiger partial charge in [0.25, 0.3) is 0 Å². The number of esters is 1. The van der Waals surface area contributed by atoms with Crippen molar-refractivity contribution in [1.29, 1.82) is 0 Å². The summed E-state index contributed by atoms with van der Waals surface area (Å²) >= 11 is 0. The molecule has 0 radical (unpaired) electrons. The highest BCUT2D eigenvalue weighted by Gasteiger charge is 2.24. The van der Waals surface area contributed by atoms with Crippen molar-refractivity contribution >= 4 is 5.97 Å². The van der Waals surface area contributed by atoms with Crippen LogP contribution in [-0.4, -0.2) is 17.6 Å². The molecule has 4 heteroatoms. The van der Waals surface area contributed by atoms with Gasteiger partial charge in [-0.2, -0.15) is 0 Å². The lowest BCUT2D eigenvalue weighted by Gasteiger charge is -2.08. The summed E-state index contributed by atoms with van der Waals surface area (Å²) in [5.41, 5.74) is 0.646. The number of hydrogen-bond donors (Lipinski definition) is 0. The van der Waals surface area contributed by atoms with Crippen molar-refractivity contribution in [2.45, 2.75) is 58.3 Å². The van der Waals surface area contributed by atoms with Gasteiger partial charge < -0.3 is 9.15 Å². The van der Waals surface area contributed by atoms with Gasteiger partial charge in [0.1, 0.15) is 0 Å². The van der Waals surface area contributed by atoms with E-state index in [0.717, 1.165) is 18.7 Å². The quantitative estimate of drug-likeness (QED) is 0.608. The maximum absolute atomic E-state index is 11.7. The molecule has 100 valence electrons. The van der Waals surface area contributed by atoms with Crippen LogP contribution in [0.25, 0.3) is 0 Å². The Bertz CT molecular complexity index is 403. The predicted molar refractivity (Wildman–Crippen MR) is 67.6 cm³/mol. The summed E-state index contributed by atoms with van der Waals surface area (Å²) in [6.07, 6.45) is 7.26. The van der Waals surface area contributed by atoms with Gasteiger partial charge in [0.15, 0.2) is 5.89 Å². The van der Waals surface area contributed by atoms with Gasteiger partial charge in [-0.25, -0.2) is 9.78 Å². The predicted octanol–water partition coefficient (Wildman–Crippen LogP) is 3.60. The molecule has 2 rings (SSSR count). The van der Waals surface area contributed by atoms with E-state index in [1.807, 2.05) is 0 Å². The van der Waals surface area contributed by atoms with E-state index in [1.54, 1.807) is 13.8 Å². The van der Waals surface area contributed by atoms with E-state index in [4.69, 9.17) is 9.15 Å². The van der Waals surface area contributed by atoms with Crippen molar-refractivity contribution in [1.82, 2.24) is 4.98 Å². The molecule has 1 aromatic heterocycles. The number of nitrogens with zero attached hydrogens (tertiary/aromatic N) is 1. The van der Waals surface area contributed by atoms with E-state index >= 15 is 0 Å². The SMILES string of the molecule is CCOC(=O)c1oc(C2CCCCCC2)nc1C. The summed E-state index contributed by atoms with van der Waals surface area (Å²) in [5.74, 6) is 0.963. The zero-order valence-electron chi connectivity index (χ0n) is 11.2. The third kappa shape index (κ3) is 2.92. The molecule has 0 saturated heterocycles. The highest BCUT2D eigenvalue weighted by molar-refractivity contribution is 5.87. The molecule has 0 unspecified atom stereocenters. The van der Waals surface area contributed by atoms with Gasteiger partial charge >= 0.3 is 5.97 Å². The van der Waals surface area contributed by atoms with Crippen LogP contribution in [0, 0.1) is 6.92 Å². The Balaban J connectivity index is 2.14. The van der Waals surface area contributed by atoms with Crippen LogP contribution in [0.4, 0.5) is 0 Å². The van der Waals surface area contributed by atoms with E-state index in [2.05, 4.69) is 4.98 Å². The molecule has 0 aliphatic heterocycles. The number of ether oxygens (including phenoxy) is 1. The fourth-order valence-corrected chi connectivity index (χ4v) is 2.50. The minimum absolute atomic E-state index is 0.274. The van der Waals surface area contributed by atoms with Gasteiger partial charge in [-0.05, 0) is 26.7 Å². The highest BCUT2D eigenvalue weighted by Crippen LogP contribution is 2.32. The molecule has 1 aromatic rings. The minimum Gasteiger partial charge on any atom is -0.460 e. The van der Waals surface area contributed by atoms with Crippen LogP contribution in [0.1, 0.15) is 73.5 Å². The molecule has 4 nitrogen and oxygen atoms in total. The molecule has 1 saturated carbocycles. The second kappa shape index (κ2) is 6.03. The fourth-order valence-electron chi connectivity index (χ4n) is 2.50. The molecular weight excluding hydrogens is 230 g/mol. The molecule has 1 aliphatic carbocycles. The topological polar surface area (TPSA) is 52.3 Å². The first-order valence-corrected chi connectivity index (χ1v) is 6.86. The smallest absolute Gasteiger partial charge is 0.376 e.